The zero-order valence-corrected chi connectivity index (χ0v) is 35.4. The van der Waals surface area contributed by atoms with Gasteiger partial charge in [-0.15, -0.1) is 0 Å². The molecule has 0 fully saturated rings. The number of carbonyl (C=O) groups is 3. The number of rotatable bonds is 38. The minimum absolute atomic E-state index is 0.0549. The molecule has 8 heteroatoms. The molecule has 0 aliphatic heterocycles. The quantitative estimate of drug-likeness (QED) is 0.0289. The monoisotopic (exact) mass is 761 g/mol. The number of unbranched alkanes of at least 4 members (excludes halogenated alkanes) is 16. The van der Waals surface area contributed by atoms with Crippen LogP contribution in [-0.2, 0) is 28.6 Å². The van der Waals surface area contributed by atoms with E-state index in [0.717, 1.165) is 77.0 Å². The van der Waals surface area contributed by atoms with E-state index in [1.165, 1.54) is 64.2 Å². The summed E-state index contributed by atoms with van der Waals surface area (Å²) in [7, 11) is 5.51. The van der Waals surface area contributed by atoms with Crippen molar-refractivity contribution in [1.82, 2.24) is 0 Å². The largest absolute Gasteiger partial charge is 0.477 e. The smallest absolute Gasteiger partial charge is 0.362 e. The van der Waals surface area contributed by atoms with Gasteiger partial charge in [0.1, 0.15) is 6.61 Å². The molecule has 1 N–H and O–H groups in total. The number of hydrogen-bond donors (Lipinski definition) is 1. The Hall–Kier alpha value is -2.71. The van der Waals surface area contributed by atoms with Crippen molar-refractivity contribution in [2.75, 3.05) is 41.0 Å². The van der Waals surface area contributed by atoms with Crippen LogP contribution < -0.4 is 0 Å². The normalized spacial score (nSPS) is 13.4. The number of hydrogen-bond acceptors (Lipinski definition) is 6. The molecular formula is C46H82NO7+. The highest BCUT2D eigenvalue weighted by molar-refractivity contribution is 5.72. The van der Waals surface area contributed by atoms with Crippen LogP contribution >= 0.6 is 0 Å². The molecule has 0 heterocycles. The molecule has 0 saturated carbocycles. The summed E-state index contributed by atoms with van der Waals surface area (Å²) in [5.74, 6) is -1.49. The van der Waals surface area contributed by atoms with Crippen LogP contribution in [0.3, 0.4) is 0 Å². The fourth-order valence-corrected chi connectivity index (χ4v) is 6.09. The number of esters is 2. The first kappa shape index (κ1) is 51.3. The molecule has 0 spiro atoms. The molecule has 0 aromatic carbocycles. The molecule has 0 bridgehead atoms. The SMILES string of the molecule is CC/C=C/C/C=C/C/C=C/CCCCCCCCCCCCC(=O)OCC(COCCC(C(=O)O)[N+](C)(C)C)OC(=O)CCCCCC/C=C/CCCC. The van der Waals surface area contributed by atoms with Gasteiger partial charge >= 0.3 is 17.9 Å². The van der Waals surface area contributed by atoms with Crippen LogP contribution in [0.15, 0.2) is 48.6 Å². The van der Waals surface area contributed by atoms with Crippen LogP contribution in [0, 0.1) is 0 Å². The van der Waals surface area contributed by atoms with E-state index >= 15 is 0 Å². The predicted molar refractivity (Wildman–Crippen MR) is 224 cm³/mol. The predicted octanol–water partition coefficient (Wildman–Crippen LogP) is 11.6. The summed E-state index contributed by atoms with van der Waals surface area (Å²) < 4.78 is 17.2. The Kier molecular flexibility index (Phi) is 35.4. The van der Waals surface area contributed by atoms with Crippen molar-refractivity contribution in [1.29, 1.82) is 0 Å². The Labute approximate surface area is 331 Å². The van der Waals surface area contributed by atoms with E-state index in [-0.39, 0.29) is 36.2 Å². The number of allylic oxidation sites excluding steroid dienone is 8. The molecule has 0 amide bonds. The second-order valence-corrected chi connectivity index (χ2v) is 15.6. The molecule has 54 heavy (non-hydrogen) atoms. The van der Waals surface area contributed by atoms with Gasteiger partial charge in [0.2, 0.25) is 0 Å². The van der Waals surface area contributed by atoms with Crippen molar-refractivity contribution in [3.63, 3.8) is 0 Å². The van der Waals surface area contributed by atoms with Gasteiger partial charge in [-0.05, 0) is 64.2 Å². The molecule has 0 rings (SSSR count). The average Bonchev–Trinajstić information content (AvgIpc) is 3.12. The van der Waals surface area contributed by atoms with E-state index in [9.17, 15) is 19.5 Å². The van der Waals surface area contributed by atoms with Gasteiger partial charge in [0.25, 0.3) is 0 Å². The van der Waals surface area contributed by atoms with E-state index in [1.54, 1.807) is 0 Å². The lowest BCUT2D eigenvalue weighted by molar-refractivity contribution is -0.887. The maximum absolute atomic E-state index is 12.6. The van der Waals surface area contributed by atoms with E-state index < -0.39 is 18.1 Å². The highest BCUT2D eigenvalue weighted by Gasteiger charge is 2.31. The topological polar surface area (TPSA) is 99.1 Å². The summed E-state index contributed by atoms with van der Waals surface area (Å²) in [6.45, 7) is 4.56. The third-order valence-corrected chi connectivity index (χ3v) is 9.46. The summed E-state index contributed by atoms with van der Waals surface area (Å²) in [5, 5.41) is 9.60. The van der Waals surface area contributed by atoms with Crippen LogP contribution in [0.4, 0.5) is 0 Å². The highest BCUT2D eigenvalue weighted by Crippen LogP contribution is 2.14. The molecule has 0 saturated heterocycles. The Bertz CT molecular complexity index is 1030. The Morgan fingerprint density at radius 3 is 1.56 bits per heavy atom. The van der Waals surface area contributed by atoms with Gasteiger partial charge in [-0.3, -0.25) is 9.59 Å². The summed E-state index contributed by atoms with van der Waals surface area (Å²) in [6, 6.07) is -0.616. The Balaban J connectivity index is 4.26. The second kappa shape index (κ2) is 37.2. The molecule has 312 valence electrons. The van der Waals surface area contributed by atoms with Crippen molar-refractivity contribution in [2.45, 2.75) is 187 Å². The number of carboxylic acids is 1. The summed E-state index contributed by atoms with van der Waals surface area (Å²) >= 11 is 0. The van der Waals surface area contributed by atoms with Crippen LogP contribution in [0.1, 0.15) is 174 Å². The zero-order valence-electron chi connectivity index (χ0n) is 35.4. The van der Waals surface area contributed by atoms with Gasteiger partial charge in [0.05, 0.1) is 34.4 Å². The molecular weight excluding hydrogens is 679 g/mol. The van der Waals surface area contributed by atoms with Crippen LogP contribution in [-0.4, -0.2) is 80.6 Å². The summed E-state index contributed by atoms with van der Waals surface area (Å²) in [4.78, 5) is 36.9. The number of nitrogens with zero attached hydrogens (tertiary/aromatic N) is 1. The number of carboxylic acid groups (broad SMARTS) is 1. The van der Waals surface area contributed by atoms with Gasteiger partial charge in [-0.25, -0.2) is 4.79 Å². The van der Waals surface area contributed by atoms with E-state index in [1.807, 2.05) is 21.1 Å². The standard InChI is InChI=1S/C46H81NO7/c1-6-8-10-12-14-16-18-19-20-21-22-23-24-25-26-27-29-30-32-34-36-44(48)53-41-42(40-52-39-38-43(46(50)51)47(3,4)5)54-45(49)37-35-33-31-28-17-15-13-11-9-7-2/h8,10,13-16,19-20,42-43H,6-7,9,11-12,17-18,21-41H2,1-5H3/p+1/b10-8+,15-13+,16-14+,20-19+. The molecule has 0 aliphatic carbocycles. The lowest BCUT2D eigenvalue weighted by Crippen LogP contribution is -2.50. The first-order chi connectivity index (χ1) is 26.1. The van der Waals surface area contributed by atoms with Crippen LogP contribution in [0.5, 0.6) is 0 Å². The van der Waals surface area contributed by atoms with Gasteiger partial charge in [-0.2, -0.15) is 0 Å². The lowest BCUT2D eigenvalue weighted by Gasteiger charge is -2.31. The third kappa shape index (κ3) is 35.0. The molecule has 0 aliphatic rings. The first-order valence-electron chi connectivity index (χ1n) is 21.7. The average molecular weight is 761 g/mol. The maximum Gasteiger partial charge on any atom is 0.362 e. The van der Waals surface area contributed by atoms with Crippen LogP contribution in [0.2, 0.25) is 0 Å². The van der Waals surface area contributed by atoms with E-state index in [0.29, 0.717) is 19.3 Å². The molecule has 8 nitrogen and oxygen atoms in total. The molecule has 0 radical (unpaired) electrons. The van der Waals surface area contributed by atoms with Crippen molar-refractivity contribution in [3.8, 4) is 0 Å². The van der Waals surface area contributed by atoms with E-state index in [4.69, 9.17) is 14.2 Å². The van der Waals surface area contributed by atoms with E-state index in [2.05, 4.69) is 62.5 Å². The zero-order chi connectivity index (χ0) is 40.0. The fourth-order valence-electron chi connectivity index (χ4n) is 6.09. The lowest BCUT2D eigenvalue weighted by atomic mass is 10.1. The Morgan fingerprint density at radius 2 is 1.04 bits per heavy atom. The summed E-state index contributed by atoms with van der Waals surface area (Å²) in [5.41, 5.74) is 0. The second-order valence-electron chi connectivity index (χ2n) is 15.6. The van der Waals surface area contributed by atoms with Gasteiger partial charge < -0.3 is 23.8 Å². The third-order valence-electron chi connectivity index (χ3n) is 9.46. The molecule has 0 aromatic rings. The number of ether oxygens (including phenoxy) is 3. The van der Waals surface area contributed by atoms with Gasteiger partial charge in [0, 0.05) is 19.3 Å². The molecule has 0 aromatic heterocycles. The molecule has 2 atom stereocenters. The van der Waals surface area contributed by atoms with Crippen LogP contribution in [0.25, 0.3) is 0 Å². The minimum atomic E-state index is -0.879. The summed E-state index contributed by atoms with van der Waals surface area (Å²) in [6.07, 6.45) is 43.0. The highest BCUT2D eigenvalue weighted by atomic mass is 16.6. The number of quaternary nitrogens is 1. The van der Waals surface area contributed by atoms with Gasteiger partial charge in [-0.1, -0.05) is 140 Å². The van der Waals surface area contributed by atoms with Crippen molar-refractivity contribution < 1.29 is 38.2 Å². The minimum Gasteiger partial charge on any atom is -0.477 e. The fraction of sp³-hybridized carbons (Fsp3) is 0.761. The maximum atomic E-state index is 12.6. The first-order valence-corrected chi connectivity index (χ1v) is 21.7. The van der Waals surface area contributed by atoms with Crippen molar-refractivity contribution in [3.05, 3.63) is 48.6 Å². The van der Waals surface area contributed by atoms with Crippen molar-refractivity contribution >= 4 is 17.9 Å². The van der Waals surface area contributed by atoms with Crippen molar-refractivity contribution in [2.24, 2.45) is 0 Å². The number of aliphatic carboxylic acids is 1. The number of carbonyl (C=O) groups excluding carboxylic acids is 2. The number of likely N-dealkylation sites (N-methyl/N-ethyl adjacent to an activating group) is 1. The Morgan fingerprint density at radius 1 is 0.574 bits per heavy atom. The van der Waals surface area contributed by atoms with Gasteiger partial charge in [0.15, 0.2) is 12.1 Å². The molecule has 2 unspecified atom stereocenters.